The Morgan fingerprint density at radius 2 is 1.39 bits per heavy atom. The van der Waals surface area contributed by atoms with Crippen LogP contribution >= 0.6 is 11.3 Å². The summed E-state index contributed by atoms with van der Waals surface area (Å²) in [5.41, 5.74) is 5.27. The molecule has 0 aliphatic carbocycles. The first kappa shape index (κ1) is 24.7. The summed E-state index contributed by atoms with van der Waals surface area (Å²) in [5.74, 6) is 0.771. The Labute approximate surface area is 201 Å². The maximum absolute atomic E-state index is 13.4. The smallest absolute Gasteiger partial charge is 0.258 e. The summed E-state index contributed by atoms with van der Waals surface area (Å²) in [6.07, 6.45) is 0. The maximum Gasteiger partial charge on any atom is 0.258 e. The number of para-hydroxylation sites is 1. The number of aromatic nitrogens is 2. The lowest BCUT2D eigenvalue weighted by Crippen LogP contribution is -2.19. The highest BCUT2D eigenvalue weighted by molar-refractivity contribution is 7.19. The van der Waals surface area contributed by atoms with Gasteiger partial charge >= 0.3 is 0 Å². The lowest BCUT2D eigenvalue weighted by Gasteiger charge is -2.22. The SMILES string of the molecule is CC(C)c1cc(C(C)C)c(C(=O)Nc2nnc(NCCNc3ccccc3)s2)c(C(C)C)c1. The molecule has 0 unspecified atom stereocenters. The molecule has 1 aromatic heterocycles. The first-order chi connectivity index (χ1) is 15.8. The van der Waals surface area contributed by atoms with E-state index in [1.165, 1.54) is 16.9 Å². The summed E-state index contributed by atoms with van der Waals surface area (Å²) in [7, 11) is 0. The summed E-state index contributed by atoms with van der Waals surface area (Å²) in [5, 5.41) is 19.1. The van der Waals surface area contributed by atoms with E-state index in [2.05, 4.69) is 79.8 Å². The molecule has 0 fully saturated rings. The van der Waals surface area contributed by atoms with Gasteiger partial charge < -0.3 is 10.6 Å². The fourth-order valence-corrected chi connectivity index (χ4v) is 4.32. The molecule has 3 N–H and O–H groups in total. The van der Waals surface area contributed by atoms with Gasteiger partial charge in [0.15, 0.2) is 0 Å². The number of hydrogen-bond acceptors (Lipinski definition) is 6. The van der Waals surface area contributed by atoms with Crippen molar-refractivity contribution in [1.82, 2.24) is 10.2 Å². The number of carbonyl (C=O) groups excluding carboxylic acids is 1. The van der Waals surface area contributed by atoms with E-state index in [1.54, 1.807) is 0 Å². The second-order valence-corrected chi connectivity index (χ2v) is 10.1. The third-order valence-electron chi connectivity index (χ3n) is 5.51. The Morgan fingerprint density at radius 3 is 1.97 bits per heavy atom. The molecule has 0 saturated heterocycles. The molecular weight excluding hydrogens is 430 g/mol. The molecule has 0 bridgehead atoms. The van der Waals surface area contributed by atoms with E-state index in [9.17, 15) is 4.79 Å². The normalized spacial score (nSPS) is 11.3. The molecule has 7 heteroatoms. The topological polar surface area (TPSA) is 78.9 Å². The van der Waals surface area contributed by atoms with Crippen molar-refractivity contribution in [2.45, 2.75) is 59.3 Å². The van der Waals surface area contributed by atoms with E-state index in [-0.39, 0.29) is 17.7 Å². The van der Waals surface area contributed by atoms with Gasteiger partial charge in [0, 0.05) is 24.3 Å². The third-order valence-corrected chi connectivity index (χ3v) is 6.31. The number of amides is 1. The maximum atomic E-state index is 13.4. The molecule has 3 rings (SSSR count). The van der Waals surface area contributed by atoms with E-state index in [4.69, 9.17) is 0 Å². The molecule has 0 atom stereocenters. The van der Waals surface area contributed by atoms with Crippen molar-refractivity contribution < 1.29 is 4.79 Å². The van der Waals surface area contributed by atoms with Gasteiger partial charge in [-0.05, 0) is 46.6 Å². The lowest BCUT2D eigenvalue weighted by molar-refractivity contribution is 0.102. The van der Waals surface area contributed by atoms with Crippen LogP contribution in [0.1, 0.15) is 86.3 Å². The number of hydrogen-bond donors (Lipinski definition) is 3. The van der Waals surface area contributed by atoms with Crippen molar-refractivity contribution in [1.29, 1.82) is 0 Å². The Kier molecular flexibility index (Phi) is 8.44. The van der Waals surface area contributed by atoms with Gasteiger partial charge in [-0.1, -0.05) is 83.2 Å². The van der Waals surface area contributed by atoms with Gasteiger partial charge in [0.05, 0.1) is 0 Å². The van der Waals surface area contributed by atoms with Gasteiger partial charge in [-0.25, -0.2) is 0 Å². The van der Waals surface area contributed by atoms with E-state index in [0.29, 0.717) is 22.7 Å². The van der Waals surface area contributed by atoms with Crippen LogP contribution in [0, 0.1) is 0 Å². The van der Waals surface area contributed by atoms with Gasteiger partial charge in [-0.3, -0.25) is 10.1 Å². The zero-order chi connectivity index (χ0) is 24.0. The van der Waals surface area contributed by atoms with Gasteiger partial charge in [-0.2, -0.15) is 0 Å². The molecule has 0 aliphatic rings. The van der Waals surface area contributed by atoms with Crippen LogP contribution in [0.2, 0.25) is 0 Å². The largest absolute Gasteiger partial charge is 0.383 e. The second kappa shape index (κ2) is 11.3. The molecule has 2 aromatic carbocycles. The van der Waals surface area contributed by atoms with Gasteiger partial charge in [0.25, 0.3) is 5.91 Å². The predicted molar refractivity (Wildman–Crippen MR) is 140 cm³/mol. The minimum atomic E-state index is -0.119. The fourth-order valence-electron chi connectivity index (χ4n) is 3.66. The zero-order valence-corrected chi connectivity index (χ0v) is 21.2. The van der Waals surface area contributed by atoms with Crippen LogP contribution in [0.15, 0.2) is 42.5 Å². The average Bonchev–Trinajstić information content (AvgIpc) is 3.23. The Hall–Kier alpha value is -2.93. The molecule has 0 spiro atoms. The Balaban J connectivity index is 1.69. The molecule has 0 aliphatic heterocycles. The molecule has 1 heterocycles. The molecule has 0 radical (unpaired) electrons. The Morgan fingerprint density at radius 1 is 0.818 bits per heavy atom. The van der Waals surface area contributed by atoms with Crippen LogP contribution in [0.5, 0.6) is 0 Å². The molecule has 176 valence electrons. The minimum absolute atomic E-state index is 0.119. The summed E-state index contributed by atoms with van der Waals surface area (Å²) in [6.45, 7) is 14.4. The minimum Gasteiger partial charge on any atom is -0.383 e. The first-order valence-electron chi connectivity index (χ1n) is 11.6. The molecule has 0 saturated carbocycles. The van der Waals surface area contributed by atoms with Crippen molar-refractivity contribution in [2.24, 2.45) is 0 Å². The van der Waals surface area contributed by atoms with Crippen molar-refractivity contribution in [3.8, 4) is 0 Å². The molecule has 3 aromatic rings. The number of nitrogens with zero attached hydrogens (tertiary/aromatic N) is 2. The van der Waals surface area contributed by atoms with Gasteiger partial charge in [-0.15, -0.1) is 10.2 Å². The van der Waals surface area contributed by atoms with Crippen molar-refractivity contribution in [3.63, 3.8) is 0 Å². The molecular formula is C26H35N5OS. The zero-order valence-electron chi connectivity index (χ0n) is 20.4. The van der Waals surface area contributed by atoms with E-state index in [0.717, 1.165) is 28.9 Å². The number of benzene rings is 2. The second-order valence-electron chi connectivity index (χ2n) is 9.12. The van der Waals surface area contributed by atoms with E-state index < -0.39 is 0 Å². The standard InChI is InChI=1S/C26H35N5OS/c1-16(2)19-14-21(17(3)4)23(22(15-19)18(5)6)24(32)29-26-31-30-25(33-26)28-13-12-27-20-10-8-7-9-11-20/h7-11,14-18,27H,12-13H2,1-6H3,(H,28,30)(H,29,31,32). The third kappa shape index (κ3) is 6.54. The summed E-state index contributed by atoms with van der Waals surface area (Å²) in [6, 6.07) is 14.4. The number of rotatable bonds is 10. The van der Waals surface area contributed by atoms with Crippen LogP contribution in [0.4, 0.5) is 16.0 Å². The molecule has 1 amide bonds. The number of nitrogens with one attached hydrogen (secondary N) is 3. The highest BCUT2D eigenvalue weighted by Crippen LogP contribution is 2.33. The van der Waals surface area contributed by atoms with Crippen molar-refractivity contribution in [2.75, 3.05) is 29.0 Å². The lowest BCUT2D eigenvalue weighted by atomic mass is 9.84. The van der Waals surface area contributed by atoms with E-state index in [1.807, 2.05) is 30.3 Å². The highest BCUT2D eigenvalue weighted by atomic mass is 32.1. The highest BCUT2D eigenvalue weighted by Gasteiger charge is 2.23. The van der Waals surface area contributed by atoms with Crippen LogP contribution in [-0.2, 0) is 0 Å². The molecule has 33 heavy (non-hydrogen) atoms. The van der Waals surface area contributed by atoms with Crippen molar-refractivity contribution in [3.05, 3.63) is 64.7 Å². The van der Waals surface area contributed by atoms with Crippen LogP contribution < -0.4 is 16.0 Å². The Bertz CT molecular complexity index is 1030. The first-order valence-corrected chi connectivity index (χ1v) is 12.4. The van der Waals surface area contributed by atoms with Crippen LogP contribution in [0.25, 0.3) is 0 Å². The fraction of sp³-hybridized carbons (Fsp3) is 0.423. The summed E-state index contributed by atoms with van der Waals surface area (Å²) in [4.78, 5) is 13.4. The molecule has 6 nitrogen and oxygen atoms in total. The van der Waals surface area contributed by atoms with Crippen molar-refractivity contribution >= 4 is 33.2 Å². The van der Waals surface area contributed by atoms with Crippen LogP contribution in [-0.4, -0.2) is 29.2 Å². The quantitative estimate of drug-likeness (QED) is 0.291. The number of carbonyl (C=O) groups is 1. The summed E-state index contributed by atoms with van der Waals surface area (Å²) >= 11 is 1.35. The predicted octanol–water partition coefficient (Wildman–Crippen LogP) is 6.68. The van der Waals surface area contributed by atoms with Crippen LogP contribution in [0.3, 0.4) is 0 Å². The average molecular weight is 466 g/mol. The summed E-state index contributed by atoms with van der Waals surface area (Å²) < 4.78 is 0. The van der Waals surface area contributed by atoms with Gasteiger partial charge in [0.1, 0.15) is 0 Å². The van der Waals surface area contributed by atoms with Gasteiger partial charge in [0.2, 0.25) is 10.3 Å². The monoisotopic (exact) mass is 465 g/mol. The number of anilines is 3. The van der Waals surface area contributed by atoms with E-state index >= 15 is 0 Å².